The van der Waals surface area contributed by atoms with Crippen LogP contribution < -0.4 is 5.32 Å². The summed E-state index contributed by atoms with van der Waals surface area (Å²) in [7, 11) is 1.55. The first-order valence-electron chi connectivity index (χ1n) is 20.9. The van der Waals surface area contributed by atoms with Gasteiger partial charge in [-0.15, -0.1) is 0 Å². The Bertz CT molecular complexity index is 933. The number of phosphoric acid groups is 1. The monoisotopic (exact) mass is 742 g/mol. The van der Waals surface area contributed by atoms with Crippen LogP contribution in [-0.2, 0) is 18.4 Å². The lowest BCUT2D eigenvalue weighted by Crippen LogP contribution is -2.45. The van der Waals surface area contributed by atoms with Crippen LogP contribution in [0.15, 0.2) is 36.5 Å². The molecule has 3 N–H and O–H groups in total. The zero-order valence-corrected chi connectivity index (χ0v) is 34.7. The summed E-state index contributed by atoms with van der Waals surface area (Å²) in [5, 5.41) is 13.7. The van der Waals surface area contributed by atoms with Crippen LogP contribution in [0, 0.1) is 0 Å². The molecule has 51 heavy (non-hydrogen) atoms. The Morgan fingerprint density at radius 3 is 1.57 bits per heavy atom. The molecule has 9 heteroatoms. The molecule has 0 radical (unpaired) electrons. The third-order valence-electron chi connectivity index (χ3n) is 9.08. The number of phosphoric ester groups is 1. The van der Waals surface area contributed by atoms with E-state index in [9.17, 15) is 19.4 Å². The van der Waals surface area contributed by atoms with Gasteiger partial charge in [-0.05, 0) is 57.8 Å². The molecule has 0 aromatic heterocycles. The summed E-state index contributed by atoms with van der Waals surface area (Å²) in [6.45, 7) is 4.75. The van der Waals surface area contributed by atoms with Gasteiger partial charge in [0.1, 0.15) is 13.2 Å². The molecule has 0 aliphatic heterocycles. The maximum atomic E-state index is 12.8. The first-order valence-corrected chi connectivity index (χ1v) is 22.4. The highest BCUT2D eigenvalue weighted by Crippen LogP contribution is 2.43. The molecule has 0 fully saturated rings. The molecule has 0 aromatic carbocycles. The van der Waals surface area contributed by atoms with E-state index in [1.807, 2.05) is 27.2 Å². The number of hydrogen-bond acceptors (Lipinski definition) is 5. The lowest BCUT2D eigenvalue weighted by Gasteiger charge is -2.25. The normalized spacial score (nSPS) is 14.9. The molecule has 1 amide bonds. The second-order valence-electron chi connectivity index (χ2n) is 15.4. The lowest BCUT2D eigenvalue weighted by atomic mass is 10.1. The Morgan fingerprint density at radius 1 is 0.647 bits per heavy atom. The van der Waals surface area contributed by atoms with Crippen LogP contribution in [0.2, 0.25) is 0 Å². The molecule has 0 saturated carbocycles. The van der Waals surface area contributed by atoms with Crippen molar-refractivity contribution in [2.75, 3.05) is 40.9 Å². The number of nitrogens with one attached hydrogen (secondary N) is 1. The van der Waals surface area contributed by atoms with Crippen molar-refractivity contribution >= 4 is 13.7 Å². The SMILES string of the molecule is CCCCCCCC/C=C\CCCCCCCCCC(=O)NC(COP(=O)(O)OCC[N+](C)(C)C)C(O)/C=C/CC/C=C/CCCCCCCC. The largest absolute Gasteiger partial charge is 0.472 e. The number of quaternary nitrogens is 1. The molecule has 300 valence electrons. The highest BCUT2D eigenvalue weighted by Gasteiger charge is 2.27. The van der Waals surface area contributed by atoms with Crippen LogP contribution in [-0.4, -0.2) is 73.4 Å². The van der Waals surface area contributed by atoms with Crippen molar-refractivity contribution in [2.24, 2.45) is 0 Å². The lowest BCUT2D eigenvalue weighted by molar-refractivity contribution is -0.870. The van der Waals surface area contributed by atoms with Crippen LogP contribution in [0.3, 0.4) is 0 Å². The number of likely N-dealkylation sites (N-methyl/N-ethyl adjacent to an activating group) is 1. The number of rotatable bonds is 37. The number of hydrogen-bond donors (Lipinski definition) is 3. The highest BCUT2D eigenvalue weighted by molar-refractivity contribution is 7.47. The summed E-state index contributed by atoms with van der Waals surface area (Å²) < 4.78 is 23.5. The Hall–Kier alpha value is -1.28. The minimum atomic E-state index is -4.34. The summed E-state index contributed by atoms with van der Waals surface area (Å²) in [4.78, 5) is 23.0. The zero-order valence-electron chi connectivity index (χ0n) is 33.8. The van der Waals surface area contributed by atoms with E-state index < -0.39 is 20.0 Å². The molecule has 3 unspecified atom stereocenters. The third kappa shape index (κ3) is 36.9. The van der Waals surface area contributed by atoms with E-state index in [-0.39, 0.29) is 19.1 Å². The number of amides is 1. The second-order valence-corrected chi connectivity index (χ2v) is 16.8. The third-order valence-corrected chi connectivity index (χ3v) is 10.1. The number of allylic oxidation sites excluding steroid dienone is 5. The Balaban J connectivity index is 4.49. The van der Waals surface area contributed by atoms with E-state index in [0.29, 0.717) is 17.4 Å². The van der Waals surface area contributed by atoms with Crippen molar-refractivity contribution in [1.82, 2.24) is 5.32 Å². The van der Waals surface area contributed by atoms with Crippen molar-refractivity contribution in [3.63, 3.8) is 0 Å². The van der Waals surface area contributed by atoms with Gasteiger partial charge in [0, 0.05) is 6.42 Å². The molecule has 0 aromatic rings. The van der Waals surface area contributed by atoms with Gasteiger partial charge >= 0.3 is 7.82 Å². The van der Waals surface area contributed by atoms with Crippen molar-refractivity contribution in [2.45, 2.75) is 187 Å². The van der Waals surface area contributed by atoms with E-state index in [1.165, 1.54) is 116 Å². The van der Waals surface area contributed by atoms with Gasteiger partial charge in [-0.25, -0.2) is 4.57 Å². The van der Waals surface area contributed by atoms with E-state index in [2.05, 4.69) is 43.5 Å². The fourth-order valence-corrected chi connectivity index (χ4v) is 6.43. The first-order chi connectivity index (χ1) is 24.5. The van der Waals surface area contributed by atoms with Gasteiger partial charge in [-0.3, -0.25) is 13.8 Å². The summed E-state index contributed by atoms with van der Waals surface area (Å²) in [6.07, 6.45) is 40.7. The molecular weight excluding hydrogens is 659 g/mol. The number of unbranched alkanes of at least 4 members (excludes halogenated alkanes) is 20. The standard InChI is InChI=1S/C42H81N2O6P/c1-6-8-10-12-14-16-18-20-21-22-23-24-26-28-30-32-34-36-42(46)43-40(39-50-51(47,48)49-38-37-44(3,4)5)41(45)35-33-31-29-27-25-19-17-15-13-11-9-7-2/h20-21,25,27,33,35,40-41,45H,6-19,22-24,26,28-32,34,36-39H2,1-5H3,(H-,43,46,47,48)/p+1/b21-20-,27-25+,35-33+. The quantitative estimate of drug-likeness (QED) is 0.0253. The van der Waals surface area contributed by atoms with Crippen molar-refractivity contribution in [3.8, 4) is 0 Å². The minimum absolute atomic E-state index is 0.0551. The molecular formula is C42H82N2O6P+. The van der Waals surface area contributed by atoms with E-state index in [4.69, 9.17) is 9.05 Å². The van der Waals surface area contributed by atoms with Crippen LogP contribution in [0.25, 0.3) is 0 Å². The summed E-state index contributed by atoms with van der Waals surface area (Å²) in [6, 6.07) is -0.862. The van der Waals surface area contributed by atoms with Crippen LogP contribution in [0.4, 0.5) is 0 Å². The van der Waals surface area contributed by atoms with Crippen LogP contribution in [0.5, 0.6) is 0 Å². The Labute approximate surface area is 315 Å². The number of carbonyl (C=O) groups excluding carboxylic acids is 1. The summed E-state index contributed by atoms with van der Waals surface area (Å²) in [5.74, 6) is -0.194. The second kappa shape index (κ2) is 34.5. The number of carbonyl (C=O) groups is 1. The van der Waals surface area contributed by atoms with Crippen LogP contribution >= 0.6 is 7.82 Å². The average molecular weight is 742 g/mol. The Kier molecular flexibility index (Phi) is 33.6. The summed E-state index contributed by atoms with van der Waals surface area (Å²) in [5.41, 5.74) is 0. The molecule has 0 bridgehead atoms. The number of nitrogens with zero attached hydrogens (tertiary/aromatic N) is 1. The average Bonchev–Trinajstić information content (AvgIpc) is 3.07. The van der Waals surface area contributed by atoms with Gasteiger partial charge in [0.05, 0.1) is 39.9 Å². The van der Waals surface area contributed by atoms with E-state index >= 15 is 0 Å². The highest BCUT2D eigenvalue weighted by atomic mass is 31.2. The number of aliphatic hydroxyl groups excluding tert-OH is 1. The van der Waals surface area contributed by atoms with Gasteiger partial charge in [-0.2, -0.15) is 0 Å². The van der Waals surface area contributed by atoms with Crippen molar-refractivity contribution in [3.05, 3.63) is 36.5 Å². The van der Waals surface area contributed by atoms with E-state index in [0.717, 1.165) is 38.5 Å². The topological polar surface area (TPSA) is 105 Å². The first kappa shape index (κ1) is 49.7. The predicted octanol–water partition coefficient (Wildman–Crippen LogP) is 11.1. The summed E-state index contributed by atoms with van der Waals surface area (Å²) >= 11 is 0. The molecule has 3 atom stereocenters. The van der Waals surface area contributed by atoms with Gasteiger partial charge in [0.15, 0.2) is 0 Å². The Morgan fingerprint density at radius 2 is 1.08 bits per heavy atom. The van der Waals surface area contributed by atoms with Gasteiger partial charge in [-0.1, -0.05) is 147 Å². The predicted molar refractivity (Wildman–Crippen MR) is 217 cm³/mol. The van der Waals surface area contributed by atoms with Gasteiger partial charge in [0.2, 0.25) is 5.91 Å². The maximum absolute atomic E-state index is 12.8. The molecule has 0 aliphatic carbocycles. The smallest absolute Gasteiger partial charge is 0.387 e. The fourth-order valence-electron chi connectivity index (χ4n) is 5.70. The number of aliphatic hydroxyl groups is 1. The minimum Gasteiger partial charge on any atom is -0.387 e. The van der Waals surface area contributed by atoms with Crippen molar-refractivity contribution < 1.29 is 32.9 Å². The van der Waals surface area contributed by atoms with E-state index in [1.54, 1.807) is 6.08 Å². The molecule has 0 rings (SSSR count). The van der Waals surface area contributed by atoms with Crippen LogP contribution in [0.1, 0.15) is 174 Å². The van der Waals surface area contributed by atoms with Gasteiger partial charge < -0.3 is 19.8 Å². The fraction of sp³-hybridized carbons (Fsp3) is 0.833. The maximum Gasteiger partial charge on any atom is 0.472 e. The molecule has 0 spiro atoms. The molecule has 8 nitrogen and oxygen atoms in total. The zero-order chi connectivity index (χ0) is 37.9. The molecule has 0 heterocycles. The molecule has 0 aliphatic rings. The molecule has 0 saturated heterocycles. The van der Waals surface area contributed by atoms with Gasteiger partial charge in [0.25, 0.3) is 0 Å². The van der Waals surface area contributed by atoms with Crippen molar-refractivity contribution in [1.29, 1.82) is 0 Å².